The fourth-order valence-corrected chi connectivity index (χ4v) is 3.66. The van der Waals surface area contributed by atoms with Crippen molar-refractivity contribution in [1.29, 1.82) is 0 Å². The lowest BCUT2D eigenvalue weighted by Gasteiger charge is -2.24. The molecule has 0 aliphatic rings. The lowest BCUT2D eigenvalue weighted by atomic mass is 10.2. The van der Waals surface area contributed by atoms with E-state index in [2.05, 4.69) is 52.2 Å². The largest absolute Gasteiger partial charge is 0.447 e. The quantitative estimate of drug-likeness (QED) is 0.218. The van der Waals surface area contributed by atoms with Crippen molar-refractivity contribution in [2.45, 2.75) is 52.3 Å². The van der Waals surface area contributed by atoms with Crippen LogP contribution in [0.2, 0.25) is 0 Å². The zero-order valence-corrected chi connectivity index (χ0v) is 17.5. The van der Waals surface area contributed by atoms with Crippen molar-refractivity contribution in [2.24, 2.45) is 5.92 Å². The van der Waals surface area contributed by atoms with Gasteiger partial charge in [0.2, 0.25) is 0 Å². The predicted octanol–water partition coefficient (Wildman–Crippen LogP) is 4.06. The van der Waals surface area contributed by atoms with E-state index in [0.717, 1.165) is 6.54 Å². The summed E-state index contributed by atoms with van der Waals surface area (Å²) in [6.07, 6.45) is 3.55. The number of carbonyl (C=O) groups is 1. The highest BCUT2D eigenvalue weighted by atomic mass is 33.1. The summed E-state index contributed by atoms with van der Waals surface area (Å²) >= 11 is 0. The Kier molecular flexibility index (Phi) is 13.7. The number of allylic oxidation sites excluding steroid dienone is 1. The highest BCUT2D eigenvalue weighted by Gasteiger charge is 2.18. The minimum atomic E-state index is -0.407. The third kappa shape index (κ3) is 16.5. The number of alkyl carbamates (subject to hydrolysis) is 1. The minimum Gasteiger partial charge on any atom is -0.447 e. The van der Waals surface area contributed by atoms with Crippen LogP contribution in [0.5, 0.6) is 0 Å². The van der Waals surface area contributed by atoms with Gasteiger partial charge >= 0.3 is 6.09 Å². The van der Waals surface area contributed by atoms with Crippen LogP contribution in [0.1, 0.15) is 41.5 Å². The fraction of sp³-hybridized carbons (Fsp3) is 0.824. The summed E-state index contributed by atoms with van der Waals surface area (Å²) in [5.74, 6) is 1.07. The van der Waals surface area contributed by atoms with Crippen molar-refractivity contribution < 1.29 is 14.3 Å². The van der Waals surface area contributed by atoms with Crippen molar-refractivity contribution in [3.63, 3.8) is 0 Å². The second-order valence-electron chi connectivity index (χ2n) is 6.71. The van der Waals surface area contributed by atoms with E-state index in [1.54, 1.807) is 21.6 Å². The Hall–Kier alpha value is -0.370. The van der Waals surface area contributed by atoms with Crippen LogP contribution in [-0.2, 0) is 9.47 Å². The molecule has 1 amide bonds. The number of hydrogen-bond acceptors (Lipinski definition) is 6. The number of nitrogens with one attached hydrogen (secondary N) is 2. The van der Waals surface area contributed by atoms with Crippen molar-refractivity contribution in [3.8, 4) is 0 Å². The zero-order chi connectivity index (χ0) is 18.4. The van der Waals surface area contributed by atoms with Crippen LogP contribution in [0.4, 0.5) is 4.79 Å². The zero-order valence-electron chi connectivity index (χ0n) is 15.9. The lowest BCUT2D eigenvalue weighted by molar-refractivity contribution is 0.0940. The maximum Gasteiger partial charge on any atom is 0.407 e. The van der Waals surface area contributed by atoms with Gasteiger partial charge in [0.05, 0.1) is 6.61 Å². The van der Waals surface area contributed by atoms with Crippen LogP contribution >= 0.6 is 21.6 Å². The average molecular weight is 379 g/mol. The van der Waals surface area contributed by atoms with E-state index in [1.807, 2.05) is 12.2 Å². The summed E-state index contributed by atoms with van der Waals surface area (Å²) in [7, 11) is 3.48. The summed E-state index contributed by atoms with van der Waals surface area (Å²) < 4.78 is 10.6. The van der Waals surface area contributed by atoms with E-state index < -0.39 is 6.09 Å². The molecule has 0 fully saturated rings. The number of carbonyl (C=O) groups excluding carboxylic acids is 1. The van der Waals surface area contributed by atoms with Gasteiger partial charge in [0.25, 0.3) is 0 Å². The van der Waals surface area contributed by atoms with E-state index in [4.69, 9.17) is 9.47 Å². The van der Waals surface area contributed by atoms with Crippen LogP contribution in [0.15, 0.2) is 12.2 Å². The Morgan fingerprint density at radius 3 is 2.54 bits per heavy atom. The van der Waals surface area contributed by atoms with Gasteiger partial charge in [-0.25, -0.2) is 4.79 Å². The molecule has 0 saturated heterocycles. The van der Waals surface area contributed by atoms with Gasteiger partial charge in [-0.05, 0) is 19.8 Å². The normalized spacial score (nSPS) is 12.3. The fourth-order valence-electron chi connectivity index (χ4n) is 1.48. The summed E-state index contributed by atoms with van der Waals surface area (Å²) in [6, 6.07) is 0.496. The molecule has 2 N–H and O–H groups in total. The molecule has 0 atom stereocenters. The third-order valence-corrected chi connectivity index (χ3v) is 5.67. The molecule has 0 aromatic carbocycles. The molecule has 24 heavy (non-hydrogen) atoms. The number of amides is 1. The maximum atomic E-state index is 11.4. The second-order valence-corrected chi connectivity index (χ2v) is 9.66. The molecule has 0 bridgehead atoms. The van der Waals surface area contributed by atoms with E-state index in [9.17, 15) is 4.79 Å². The minimum absolute atomic E-state index is 0.151. The summed E-state index contributed by atoms with van der Waals surface area (Å²) in [5.41, 5.74) is 0. The van der Waals surface area contributed by atoms with E-state index in [-0.39, 0.29) is 11.4 Å². The summed E-state index contributed by atoms with van der Waals surface area (Å²) in [6.45, 7) is 15.0. The molecule has 0 saturated carbocycles. The molecular weight excluding hydrogens is 344 g/mol. The van der Waals surface area contributed by atoms with Crippen molar-refractivity contribution in [3.05, 3.63) is 12.2 Å². The van der Waals surface area contributed by atoms with Crippen LogP contribution < -0.4 is 10.6 Å². The van der Waals surface area contributed by atoms with E-state index >= 15 is 0 Å². The van der Waals surface area contributed by atoms with Gasteiger partial charge < -0.3 is 20.1 Å². The van der Waals surface area contributed by atoms with Crippen LogP contribution in [-0.4, -0.2) is 49.1 Å². The smallest absolute Gasteiger partial charge is 0.407 e. The first kappa shape index (κ1) is 23.6. The standard InChI is InChI=1S/C17H34N2O3S2/c1-14(2)8-7-9-18-16(20)22-11-10-21-13-23-24-17(5,6)12-19-15(3)4/h7-8,14-15,19H,9-13H2,1-6H3,(H,18,20)/b8-7+. The first-order chi connectivity index (χ1) is 11.2. The Morgan fingerprint density at radius 2 is 1.92 bits per heavy atom. The average Bonchev–Trinajstić information content (AvgIpc) is 2.48. The summed E-state index contributed by atoms with van der Waals surface area (Å²) in [5, 5.41) is 6.11. The van der Waals surface area contributed by atoms with E-state index in [0.29, 0.717) is 31.1 Å². The molecular formula is C17H34N2O3S2. The molecule has 0 unspecified atom stereocenters. The molecule has 0 aromatic rings. The molecule has 5 nitrogen and oxygen atoms in total. The third-order valence-electron chi connectivity index (χ3n) is 2.70. The highest BCUT2D eigenvalue weighted by molar-refractivity contribution is 8.77. The van der Waals surface area contributed by atoms with Gasteiger partial charge in [0, 0.05) is 23.9 Å². The second kappa shape index (κ2) is 13.9. The van der Waals surface area contributed by atoms with E-state index in [1.165, 1.54) is 0 Å². The molecule has 0 aromatic heterocycles. The molecule has 0 spiro atoms. The SMILES string of the molecule is CC(C)/C=C/CNC(=O)OCCOCSSC(C)(C)CNC(C)C. The summed E-state index contributed by atoms with van der Waals surface area (Å²) in [4.78, 5) is 11.4. The van der Waals surface area contributed by atoms with Gasteiger partial charge in [0.1, 0.15) is 12.5 Å². The lowest BCUT2D eigenvalue weighted by Crippen LogP contribution is -2.35. The topological polar surface area (TPSA) is 59.6 Å². The maximum absolute atomic E-state index is 11.4. The van der Waals surface area contributed by atoms with Crippen LogP contribution in [0.25, 0.3) is 0 Å². The van der Waals surface area contributed by atoms with Gasteiger partial charge in [-0.1, -0.05) is 61.4 Å². The number of hydrogen-bond donors (Lipinski definition) is 2. The molecule has 0 aliphatic heterocycles. The Morgan fingerprint density at radius 1 is 1.21 bits per heavy atom. The van der Waals surface area contributed by atoms with Gasteiger partial charge in [-0.3, -0.25) is 0 Å². The number of ether oxygens (including phenoxy) is 2. The van der Waals surface area contributed by atoms with Crippen molar-refractivity contribution >= 4 is 27.7 Å². The van der Waals surface area contributed by atoms with Gasteiger partial charge in [-0.2, -0.15) is 0 Å². The first-order valence-electron chi connectivity index (χ1n) is 8.42. The number of rotatable bonds is 13. The van der Waals surface area contributed by atoms with Gasteiger partial charge in [0.15, 0.2) is 0 Å². The van der Waals surface area contributed by atoms with Crippen LogP contribution in [0, 0.1) is 5.92 Å². The first-order valence-corrected chi connectivity index (χ1v) is 10.7. The van der Waals surface area contributed by atoms with Gasteiger partial charge in [-0.15, -0.1) is 0 Å². The highest BCUT2D eigenvalue weighted by Crippen LogP contribution is 2.35. The van der Waals surface area contributed by atoms with Crippen molar-refractivity contribution in [1.82, 2.24) is 10.6 Å². The Bertz CT molecular complexity index is 362. The molecule has 142 valence electrons. The molecule has 0 rings (SSSR count). The molecule has 0 radical (unpaired) electrons. The Balaban J connectivity index is 3.51. The Labute approximate surface area is 155 Å². The molecule has 0 heterocycles. The van der Waals surface area contributed by atoms with Crippen molar-refractivity contribution in [2.75, 3.05) is 32.2 Å². The monoisotopic (exact) mass is 378 g/mol. The molecule has 0 aliphatic carbocycles. The van der Waals surface area contributed by atoms with Crippen LogP contribution in [0.3, 0.4) is 0 Å². The predicted molar refractivity (Wildman–Crippen MR) is 107 cm³/mol. The molecule has 7 heteroatoms.